The van der Waals surface area contributed by atoms with Gasteiger partial charge in [-0.1, -0.05) is 6.07 Å². The lowest BCUT2D eigenvalue weighted by Gasteiger charge is -2.31. The Morgan fingerprint density at radius 3 is 2.67 bits per heavy atom. The third kappa shape index (κ3) is 4.31. The predicted octanol–water partition coefficient (Wildman–Crippen LogP) is 3.04. The van der Waals surface area contributed by atoms with Crippen molar-refractivity contribution < 1.29 is 0 Å². The molecule has 0 spiro atoms. The van der Waals surface area contributed by atoms with Gasteiger partial charge < -0.3 is 9.88 Å². The van der Waals surface area contributed by atoms with Crippen LogP contribution in [-0.4, -0.2) is 42.5 Å². The average Bonchev–Trinajstić information content (AvgIpc) is 3.08. The number of hydrogen-bond donors (Lipinski definition) is 1. The van der Waals surface area contributed by atoms with E-state index in [1.54, 1.807) is 12.4 Å². The second-order valence-electron chi connectivity index (χ2n) is 7.16. The fraction of sp³-hybridized carbons (Fsp3) is 0.400. The predicted molar refractivity (Wildman–Crippen MR) is 105 cm³/mol. The molecule has 0 unspecified atom stereocenters. The number of anilines is 2. The molecule has 0 saturated carbocycles. The largest absolute Gasteiger partial charge is 0.340 e. The van der Waals surface area contributed by atoms with Crippen molar-refractivity contribution in [3.05, 3.63) is 60.2 Å². The van der Waals surface area contributed by atoms with Crippen LogP contribution in [0.1, 0.15) is 35.8 Å². The highest BCUT2D eigenvalue weighted by atomic mass is 15.1. The molecular formula is C20H25N7. The molecule has 4 heterocycles. The van der Waals surface area contributed by atoms with E-state index in [2.05, 4.69) is 36.3 Å². The Balaban J connectivity index is 1.42. The van der Waals surface area contributed by atoms with Crippen LogP contribution in [0, 0.1) is 6.92 Å². The van der Waals surface area contributed by atoms with Crippen LogP contribution in [0.5, 0.6) is 0 Å². The zero-order chi connectivity index (χ0) is 18.6. The normalized spacial score (nSPS) is 15.8. The number of aryl methyl sites for hydroxylation is 2. The van der Waals surface area contributed by atoms with Crippen molar-refractivity contribution in [2.24, 2.45) is 7.05 Å². The van der Waals surface area contributed by atoms with Crippen LogP contribution in [0.2, 0.25) is 0 Å². The minimum absolute atomic E-state index is 0.408. The summed E-state index contributed by atoms with van der Waals surface area (Å²) in [5, 5.41) is 3.35. The average molecular weight is 363 g/mol. The Morgan fingerprint density at radius 1 is 1.11 bits per heavy atom. The number of hydrogen-bond acceptors (Lipinski definition) is 6. The number of aromatic nitrogens is 5. The Kier molecular flexibility index (Phi) is 5.11. The molecule has 3 aromatic heterocycles. The van der Waals surface area contributed by atoms with Crippen LogP contribution >= 0.6 is 0 Å². The zero-order valence-electron chi connectivity index (χ0n) is 15.8. The number of nitrogens with one attached hydrogen (secondary N) is 1. The molecule has 1 N–H and O–H groups in total. The summed E-state index contributed by atoms with van der Waals surface area (Å²) in [5.41, 5.74) is 3.15. The van der Waals surface area contributed by atoms with Gasteiger partial charge in [-0.05, 0) is 45.0 Å². The standard InChI is InChI=1S/C20H25N7/c1-15-4-3-5-18(24-15)25-20-19(21-8-9-22-20)16-6-10-27(11-7-16)13-17-12-26(2)14-23-17/h3-5,8-9,12,14,16H,6-7,10-11,13H2,1-2H3,(H,22,24,25). The molecule has 7 heteroatoms. The van der Waals surface area contributed by atoms with Crippen LogP contribution in [0.4, 0.5) is 11.6 Å². The van der Waals surface area contributed by atoms with Crippen molar-refractivity contribution in [1.82, 2.24) is 29.4 Å². The molecule has 4 rings (SSSR count). The summed E-state index contributed by atoms with van der Waals surface area (Å²) >= 11 is 0. The minimum Gasteiger partial charge on any atom is -0.340 e. The first-order valence-electron chi connectivity index (χ1n) is 9.38. The lowest BCUT2D eigenvalue weighted by molar-refractivity contribution is 0.201. The second-order valence-corrected chi connectivity index (χ2v) is 7.16. The van der Waals surface area contributed by atoms with Crippen molar-refractivity contribution in [1.29, 1.82) is 0 Å². The highest BCUT2D eigenvalue weighted by molar-refractivity contribution is 5.54. The summed E-state index contributed by atoms with van der Waals surface area (Å²) < 4.78 is 2.00. The molecule has 0 radical (unpaired) electrons. The highest BCUT2D eigenvalue weighted by Crippen LogP contribution is 2.31. The lowest BCUT2D eigenvalue weighted by Crippen LogP contribution is -2.33. The lowest BCUT2D eigenvalue weighted by atomic mass is 9.93. The molecule has 0 aliphatic carbocycles. The van der Waals surface area contributed by atoms with E-state index in [1.165, 1.54) is 0 Å². The molecule has 0 atom stereocenters. The Morgan fingerprint density at radius 2 is 1.93 bits per heavy atom. The SMILES string of the molecule is Cc1cccc(Nc2nccnc2C2CCN(Cc3cn(C)cn3)CC2)n1. The first-order valence-corrected chi connectivity index (χ1v) is 9.38. The summed E-state index contributed by atoms with van der Waals surface area (Å²) in [5.74, 6) is 2.04. The number of likely N-dealkylation sites (tertiary alicyclic amines) is 1. The van der Waals surface area contributed by atoms with Crippen LogP contribution in [0.3, 0.4) is 0 Å². The van der Waals surface area contributed by atoms with E-state index in [1.807, 2.05) is 43.1 Å². The third-order valence-corrected chi connectivity index (χ3v) is 4.98. The van der Waals surface area contributed by atoms with Crippen molar-refractivity contribution in [3.8, 4) is 0 Å². The fourth-order valence-electron chi connectivity index (χ4n) is 3.62. The smallest absolute Gasteiger partial charge is 0.153 e. The van der Waals surface area contributed by atoms with Crippen molar-refractivity contribution in [2.75, 3.05) is 18.4 Å². The monoisotopic (exact) mass is 363 g/mol. The van der Waals surface area contributed by atoms with E-state index >= 15 is 0 Å². The maximum Gasteiger partial charge on any atom is 0.153 e. The van der Waals surface area contributed by atoms with Crippen molar-refractivity contribution in [3.63, 3.8) is 0 Å². The number of pyridine rings is 1. The highest BCUT2D eigenvalue weighted by Gasteiger charge is 2.24. The van der Waals surface area contributed by atoms with Crippen molar-refractivity contribution >= 4 is 11.6 Å². The van der Waals surface area contributed by atoms with Gasteiger partial charge in [0.25, 0.3) is 0 Å². The maximum absolute atomic E-state index is 4.65. The second kappa shape index (κ2) is 7.84. The Labute approximate surface area is 159 Å². The number of nitrogens with zero attached hydrogens (tertiary/aromatic N) is 6. The summed E-state index contributed by atoms with van der Waals surface area (Å²) in [7, 11) is 2.01. The van der Waals surface area contributed by atoms with Crippen LogP contribution in [-0.2, 0) is 13.6 Å². The van der Waals surface area contributed by atoms with Crippen molar-refractivity contribution in [2.45, 2.75) is 32.2 Å². The van der Waals surface area contributed by atoms with Gasteiger partial charge in [-0.2, -0.15) is 0 Å². The summed E-state index contributed by atoms with van der Waals surface area (Å²) in [4.78, 5) is 20.6. The molecule has 1 fully saturated rings. The number of rotatable bonds is 5. The molecule has 1 aliphatic rings. The van der Waals surface area contributed by atoms with Crippen LogP contribution < -0.4 is 5.32 Å². The van der Waals surface area contributed by atoms with E-state index in [9.17, 15) is 0 Å². The van der Waals surface area contributed by atoms with Crippen LogP contribution in [0.25, 0.3) is 0 Å². The number of imidazole rings is 1. The molecule has 1 saturated heterocycles. The Hall–Kier alpha value is -2.80. The molecule has 140 valence electrons. The topological polar surface area (TPSA) is 71.8 Å². The van der Waals surface area contributed by atoms with E-state index < -0.39 is 0 Å². The van der Waals surface area contributed by atoms with E-state index in [0.717, 1.165) is 61.2 Å². The van der Waals surface area contributed by atoms with Crippen LogP contribution in [0.15, 0.2) is 43.1 Å². The fourth-order valence-corrected chi connectivity index (χ4v) is 3.62. The van der Waals surface area contributed by atoms with E-state index in [-0.39, 0.29) is 0 Å². The maximum atomic E-state index is 4.65. The first-order chi connectivity index (χ1) is 13.2. The van der Waals surface area contributed by atoms with Gasteiger partial charge in [0.2, 0.25) is 0 Å². The first kappa shape index (κ1) is 17.6. The third-order valence-electron chi connectivity index (χ3n) is 4.98. The van der Waals surface area contributed by atoms with Gasteiger partial charge in [-0.25, -0.2) is 15.0 Å². The number of piperidine rings is 1. The minimum atomic E-state index is 0.408. The summed E-state index contributed by atoms with van der Waals surface area (Å²) in [6.45, 7) is 4.98. The van der Waals surface area contributed by atoms with Gasteiger partial charge in [-0.15, -0.1) is 0 Å². The summed E-state index contributed by atoms with van der Waals surface area (Å²) in [6, 6.07) is 5.94. The molecule has 27 heavy (non-hydrogen) atoms. The molecule has 3 aromatic rings. The van der Waals surface area contributed by atoms with E-state index in [0.29, 0.717) is 5.92 Å². The van der Waals surface area contributed by atoms with Gasteiger partial charge in [0.1, 0.15) is 5.82 Å². The molecule has 0 bridgehead atoms. The van der Waals surface area contributed by atoms with Gasteiger partial charge in [0.15, 0.2) is 5.82 Å². The quantitative estimate of drug-likeness (QED) is 0.751. The van der Waals surface area contributed by atoms with Gasteiger partial charge in [-0.3, -0.25) is 9.88 Å². The Bertz CT molecular complexity index is 897. The van der Waals surface area contributed by atoms with Gasteiger partial charge in [0.05, 0.1) is 17.7 Å². The molecule has 7 nitrogen and oxygen atoms in total. The molecule has 1 aliphatic heterocycles. The molecule has 0 amide bonds. The molecule has 0 aromatic carbocycles. The van der Waals surface area contributed by atoms with E-state index in [4.69, 9.17) is 0 Å². The van der Waals surface area contributed by atoms with Gasteiger partial charge >= 0.3 is 0 Å². The molecular weight excluding hydrogens is 338 g/mol. The zero-order valence-corrected chi connectivity index (χ0v) is 15.8. The summed E-state index contributed by atoms with van der Waals surface area (Å²) in [6.07, 6.45) is 9.61. The van der Waals surface area contributed by atoms with Gasteiger partial charge in [0, 0.05) is 43.8 Å².